The van der Waals surface area contributed by atoms with Gasteiger partial charge in [-0.25, -0.2) is 4.98 Å². The van der Waals surface area contributed by atoms with Gasteiger partial charge in [0, 0.05) is 31.5 Å². The normalized spacial score (nSPS) is 10.2. The molecular weight excluding hydrogens is 242 g/mol. The molecule has 0 aliphatic rings. The Kier molecular flexibility index (Phi) is 7.58. The second-order valence-electron chi connectivity index (χ2n) is 4.18. The minimum Gasteiger partial charge on any atom is -0.380 e. The first-order valence-electron chi connectivity index (χ1n) is 6.83. The highest BCUT2D eigenvalue weighted by Gasteiger charge is 2.05. The van der Waals surface area contributed by atoms with Crippen LogP contribution in [-0.2, 0) is 4.74 Å². The molecule has 0 aromatic carbocycles. The average molecular weight is 265 g/mol. The number of aromatic nitrogens is 1. The predicted molar refractivity (Wildman–Crippen MR) is 76.5 cm³/mol. The van der Waals surface area contributed by atoms with Gasteiger partial charge in [0.2, 0.25) is 0 Å². The molecular formula is C14H23N3O2. The number of nitrogens with one attached hydrogen (secondary N) is 2. The zero-order chi connectivity index (χ0) is 13.9. The molecule has 0 spiro atoms. The van der Waals surface area contributed by atoms with Crippen LogP contribution in [0.3, 0.4) is 0 Å². The summed E-state index contributed by atoms with van der Waals surface area (Å²) in [7, 11) is 0. The molecule has 1 aromatic rings. The highest BCUT2D eigenvalue weighted by atomic mass is 16.5. The third kappa shape index (κ3) is 6.20. The van der Waals surface area contributed by atoms with E-state index in [1.54, 1.807) is 18.3 Å². The van der Waals surface area contributed by atoms with Gasteiger partial charge in [0.05, 0.1) is 6.61 Å². The Morgan fingerprint density at radius 1 is 1.37 bits per heavy atom. The number of anilines is 1. The number of amides is 1. The maximum absolute atomic E-state index is 11.9. The van der Waals surface area contributed by atoms with E-state index in [9.17, 15) is 4.79 Å². The van der Waals surface area contributed by atoms with Crippen molar-refractivity contribution in [3.05, 3.63) is 23.9 Å². The van der Waals surface area contributed by atoms with Crippen molar-refractivity contribution in [3.8, 4) is 0 Å². The molecule has 0 saturated carbocycles. The van der Waals surface area contributed by atoms with Crippen molar-refractivity contribution < 1.29 is 9.53 Å². The van der Waals surface area contributed by atoms with Crippen LogP contribution in [0.4, 0.5) is 5.82 Å². The minimum absolute atomic E-state index is 0.0966. The van der Waals surface area contributed by atoms with Crippen molar-refractivity contribution in [2.24, 2.45) is 0 Å². The van der Waals surface area contributed by atoms with Gasteiger partial charge in [0.15, 0.2) is 0 Å². The Bertz CT molecular complexity index is 383. The first-order valence-corrected chi connectivity index (χ1v) is 6.83. The van der Waals surface area contributed by atoms with Crippen LogP contribution >= 0.6 is 0 Å². The van der Waals surface area contributed by atoms with E-state index in [4.69, 9.17) is 4.74 Å². The van der Waals surface area contributed by atoms with Crippen LogP contribution in [-0.4, -0.2) is 37.2 Å². The Labute approximate surface area is 114 Å². The van der Waals surface area contributed by atoms with Gasteiger partial charge < -0.3 is 15.4 Å². The average Bonchev–Trinajstić information content (AvgIpc) is 2.43. The lowest BCUT2D eigenvalue weighted by atomic mass is 10.2. The molecule has 1 amide bonds. The highest BCUT2D eigenvalue weighted by molar-refractivity contribution is 5.94. The van der Waals surface area contributed by atoms with Gasteiger partial charge in [-0.1, -0.05) is 13.3 Å². The fourth-order valence-electron chi connectivity index (χ4n) is 1.54. The van der Waals surface area contributed by atoms with Crippen LogP contribution in [0.15, 0.2) is 18.3 Å². The number of unbranched alkanes of at least 4 members (excludes halogenated alkanes) is 1. The van der Waals surface area contributed by atoms with E-state index < -0.39 is 0 Å². The third-order valence-corrected chi connectivity index (χ3v) is 2.55. The Hall–Kier alpha value is -1.62. The number of hydrogen-bond acceptors (Lipinski definition) is 4. The molecule has 0 atom stereocenters. The summed E-state index contributed by atoms with van der Waals surface area (Å²) in [4.78, 5) is 16.0. The monoisotopic (exact) mass is 265 g/mol. The van der Waals surface area contributed by atoms with Crippen LogP contribution in [0.2, 0.25) is 0 Å². The summed E-state index contributed by atoms with van der Waals surface area (Å²) in [6.45, 7) is 6.73. The maximum Gasteiger partial charge on any atom is 0.251 e. The predicted octanol–water partition coefficient (Wildman–Crippen LogP) is 2.06. The van der Waals surface area contributed by atoms with Gasteiger partial charge in [0.25, 0.3) is 5.91 Å². The number of nitrogens with zero attached hydrogens (tertiary/aromatic N) is 1. The molecule has 5 nitrogen and oxygen atoms in total. The smallest absolute Gasteiger partial charge is 0.251 e. The third-order valence-electron chi connectivity index (χ3n) is 2.55. The molecule has 0 saturated heterocycles. The van der Waals surface area contributed by atoms with Crippen molar-refractivity contribution in [1.82, 2.24) is 10.3 Å². The molecule has 0 bridgehead atoms. The number of pyridine rings is 1. The van der Waals surface area contributed by atoms with Crippen LogP contribution in [0, 0.1) is 0 Å². The van der Waals surface area contributed by atoms with E-state index in [1.807, 2.05) is 6.92 Å². The summed E-state index contributed by atoms with van der Waals surface area (Å²) in [6.07, 6.45) is 3.81. The number of carbonyl (C=O) groups excluding carboxylic acids is 1. The molecule has 0 aliphatic heterocycles. The molecule has 0 aliphatic carbocycles. The number of carbonyl (C=O) groups is 1. The molecule has 0 radical (unpaired) electrons. The van der Waals surface area contributed by atoms with Gasteiger partial charge in [-0.2, -0.15) is 0 Å². The lowest BCUT2D eigenvalue weighted by molar-refractivity contribution is 0.0912. The van der Waals surface area contributed by atoms with E-state index in [-0.39, 0.29) is 5.91 Å². The molecule has 19 heavy (non-hydrogen) atoms. The summed E-state index contributed by atoms with van der Waals surface area (Å²) in [5, 5.41) is 5.90. The largest absolute Gasteiger partial charge is 0.380 e. The fraction of sp³-hybridized carbons (Fsp3) is 0.571. The van der Waals surface area contributed by atoms with Crippen LogP contribution < -0.4 is 10.6 Å². The van der Waals surface area contributed by atoms with E-state index in [1.165, 1.54) is 0 Å². The number of rotatable bonds is 9. The van der Waals surface area contributed by atoms with Crippen molar-refractivity contribution in [1.29, 1.82) is 0 Å². The SMILES string of the molecule is CCCCOCCNC(=O)c1ccnc(NCC)c1. The Morgan fingerprint density at radius 2 is 2.21 bits per heavy atom. The van der Waals surface area contributed by atoms with Crippen molar-refractivity contribution in [3.63, 3.8) is 0 Å². The Balaban J connectivity index is 2.30. The van der Waals surface area contributed by atoms with Gasteiger partial charge >= 0.3 is 0 Å². The van der Waals surface area contributed by atoms with Gasteiger partial charge in [-0.15, -0.1) is 0 Å². The summed E-state index contributed by atoms with van der Waals surface area (Å²) >= 11 is 0. The van der Waals surface area contributed by atoms with Gasteiger partial charge in [0.1, 0.15) is 5.82 Å². The quantitative estimate of drug-likeness (QED) is 0.671. The van der Waals surface area contributed by atoms with Gasteiger partial charge in [-0.05, 0) is 25.5 Å². The lowest BCUT2D eigenvalue weighted by Crippen LogP contribution is -2.27. The van der Waals surface area contributed by atoms with E-state index in [2.05, 4.69) is 22.5 Å². The molecule has 106 valence electrons. The fourth-order valence-corrected chi connectivity index (χ4v) is 1.54. The first kappa shape index (κ1) is 15.4. The molecule has 5 heteroatoms. The highest BCUT2D eigenvalue weighted by Crippen LogP contribution is 2.06. The van der Waals surface area contributed by atoms with E-state index in [0.717, 1.165) is 26.0 Å². The summed E-state index contributed by atoms with van der Waals surface area (Å²) < 4.78 is 5.38. The topological polar surface area (TPSA) is 63.2 Å². The molecule has 1 aromatic heterocycles. The Morgan fingerprint density at radius 3 is 2.95 bits per heavy atom. The molecule has 1 rings (SSSR count). The standard InChI is InChI=1S/C14H23N3O2/c1-3-5-9-19-10-8-17-14(18)12-6-7-16-13(11-12)15-4-2/h6-7,11H,3-5,8-10H2,1-2H3,(H,15,16)(H,17,18). The number of ether oxygens (including phenoxy) is 1. The van der Waals surface area contributed by atoms with Crippen molar-refractivity contribution in [2.45, 2.75) is 26.7 Å². The maximum atomic E-state index is 11.9. The molecule has 1 heterocycles. The second kappa shape index (κ2) is 9.33. The summed E-state index contributed by atoms with van der Waals surface area (Å²) in [5.74, 6) is 0.620. The van der Waals surface area contributed by atoms with Crippen LogP contribution in [0.1, 0.15) is 37.0 Å². The van der Waals surface area contributed by atoms with Crippen LogP contribution in [0.25, 0.3) is 0 Å². The molecule has 0 unspecified atom stereocenters. The summed E-state index contributed by atoms with van der Waals surface area (Å²) in [5.41, 5.74) is 0.611. The lowest BCUT2D eigenvalue weighted by Gasteiger charge is -2.07. The van der Waals surface area contributed by atoms with Crippen molar-refractivity contribution >= 4 is 11.7 Å². The second-order valence-corrected chi connectivity index (χ2v) is 4.18. The summed E-state index contributed by atoms with van der Waals surface area (Å²) in [6, 6.07) is 3.45. The zero-order valence-electron chi connectivity index (χ0n) is 11.7. The molecule has 2 N–H and O–H groups in total. The zero-order valence-corrected chi connectivity index (χ0v) is 11.7. The van der Waals surface area contributed by atoms with Crippen molar-refractivity contribution in [2.75, 3.05) is 31.6 Å². The van der Waals surface area contributed by atoms with Gasteiger partial charge in [-0.3, -0.25) is 4.79 Å². The first-order chi connectivity index (χ1) is 9.27. The van der Waals surface area contributed by atoms with E-state index >= 15 is 0 Å². The molecule has 0 fully saturated rings. The van der Waals surface area contributed by atoms with Crippen LogP contribution in [0.5, 0.6) is 0 Å². The minimum atomic E-state index is -0.0966. The van der Waals surface area contributed by atoms with E-state index in [0.29, 0.717) is 24.5 Å². The number of hydrogen-bond donors (Lipinski definition) is 2.